The number of carbonyl (C=O) groups is 2. The Balaban J connectivity index is 2.02. The van der Waals surface area contributed by atoms with E-state index in [1.807, 2.05) is 0 Å². The summed E-state index contributed by atoms with van der Waals surface area (Å²) in [7, 11) is 0. The van der Waals surface area contributed by atoms with Gasteiger partial charge in [0.25, 0.3) is 5.91 Å². The number of nitrogens with one attached hydrogen (secondary N) is 1. The van der Waals surface area contributed by atoms with Gasteiger partial charge in [-0.05, 0) is 63.2 Å². The van der Waals surface area contributed by atoms with Crippen LogP contribution in [-0.4, -0.2) is 24.1 Å². The Morgan fingerprint density at radius 3 is 2.71 bits per heavy atom. The van der Waals surface area contributed by atoms with Crippen molar-refractivity contribution in [2.45, 2.75) is 26.4 Å². The minimum Gasteiger partial charge on any atom is -0.476 e. The third kappa shape index (κ3) is 4.02. The molecule has 0 saturated heterocycles. The van der Waals surface area contributed by atoms with Crippen molar-refractivity contribution in [3.8, 4) is 5.75 Å². The summed E-state index contributed by atoms with van der Waals surface area (Å²) in [5.74, 6) is -0.958. The van der Waals surface area contributed by atoms with E-state index >= 15 is 0 Å². The van der Waals surface area contributed by atoms with Gasteiger partial charge >= 0.3 is 5.97 Å². The van der Waals surface area contributed by atoms with E-state index in [1.54, 1.807) is 45.0 Å². The predicted molar refractivity (Wildman–Crippen MR) is 106 cm³/mol. The number of benzene rings is 2. The van der Waals surface area contributed by atoms with Gasteiger partial charge in [0.15, 0.2) is 5.60 Å². The molecule has 0 unspecified atom stereocenters. The van der Waals surface area contributed by atoms with Crippen LogP contribution in [0.5, 0.6) is 5.75 Å². The molecule has 2 aromatic carbocycles. The summed E-state index contributed by atoms with van der Waals surface area (Å²) in [5, 5.41) is 3.07. The van der Waals surface area contributed by atoms with Crippen LogP contribution in [0, 0.1) is 5.82 Å². The van der Waals surface area contributed by atoms with Crippen LogP contribution in [0.15, 0.2) is 36.4 Å². The lowest BCUT2D eigenvalue weighted by Gasteiger charge is -2.25. The van der Waals surface area contributed by atoms with Crippen molar-refractivity contribution in [2.75, 3.05) is 11.9 Å². The summed E-state index contributed by atoms with van der Waals surface area (Å²) < 4.78 is 24.4. The van der Waals surface area contributed by atoms with Gasteiger partial charge in [0.2, 0.25) is 0 Å². The Hall–Kier alpha value is -2.86. The monoisotopic (exact) mass is 403 g/mol. The standard InChI is InChI=1S/C21H19ClFNO4/c1-4-27-20(26)21(2,3)28-18-8-5-13(22)9-12(18)10-16-15-7-6-14(23)11-17(15)24-19(16)25/h5-11H,4H2,1-3H3,(H,24,25). The second kappa shape index (κ2) is 7.64. The zero-order chi connectivity index (χ0) is 20.5. The van der Waals surface area contributed by atoms with E-state index in [0.29, 0.717) is 33.2 Å². The van der Waals surface area contributed by atoms with Gasteiger partial charge in [0, 0.05) is 21.7 Å². The molecule has 7 heteroatoms. The molecule has 1 amide bonds. The van der Waals surface area contributed by atoms with Crippen LogP contribution in [-0.2, 0) is 14.3 Å². The van der Waals surface area contributed by atoms with Gasteiger partial charge in [0.05, 0.1) is 12.3 Å². The van der Waals surface area contributed by atoms with Gasteiger partial charge in [0.1, 0.15) is 11.6 Å². The molecule has 0 atom stereocenters. The molecule has 5 nitrogen and oxygen atoms in total. The fourth-order valence-electron chi connectivity index (χ4n) is 2.81. The number of carbonyl (C=O) groups excluding carboxylic acids is 2. The molecule has 0 spiro atoms. The number of esters is 1. The minimum atomic E-state index is -1.24. The van der Waals surface area contributed by atoms with Crippen LogP contribution in [0.2, 0.25) is 5.02 Å². The number of ether oxygens (including phenoxy) is 2. The Morgan fingerprint density at radius 2 is 2.00 bits per heavy atom. The molecule has 1 N–H and O–H groups in total. The first-order chi connectivity index (χ1) is 13.2. The first-order valence-corrected chi connectivity index (χ1v) is 9.08. The highest BCUT2D eigenvalue weighted by Gasteiger charge is 2.32. The number of rotatable bonds is 5. The quantitative estimate of drug-likeness (QED) is 0.581. The first-order valence-electron chi connectivity index (χ1n) is 8.70. The lowest BCUT2D eigenvalue weighted by Crippen LogP contribution is -2.39. The highest BCUT2D eigenvalue weighted by molar-refractivity contribution is 6.35. The normalized spacial score (nSPS) is 14.6. The maximum absolute atomic E-state index is 13.4. The minimum absolute atomic E-state index is 0.233. The van der Waals surface area contributed by atoms with Crippen LogP contribution in [0.3, 0.4) is 0 Å². The van der Waals surface area contributed by atoms with Gasteiger partial charge < -0.3 is 14.8 Å². The van der Waals surface area contributed by atoms with Crippen LogP contribution in [0.1, 0.15) is 31.9 Å². The number of halogens is 2. The largest absolute Gasteiger partial charge is 0.476 e. The molecule has 0 saturated carbocycles. The van der Waals surface area contributed by atoms with Crippen molar-refractivity contribution >= 4 is 40.8 Å². The highest BCUT2D eigenvalue weighted by atomic mass is 35.5. The summed E-state index contributed by atoms with van der Waals surface area (Å²) >= 11 is 6.12. The Morgan fingerprint density at radius 1 is 1.25 bits per heavy atom. The first kappa shape index (κ1) is 19.9. The third-order valence-corrected chi connectivity index (χ3v) is 4.40. The summed E-state index contributed by atoms with van der Waals surface area (Å²) in [4.78, 5) is 24.5. The number of anilines is 1. The molecule has 146 valence electrons. The van der Waals surface area contributed by atoms with Gasteiger partial charge in [-0.3, -0.25) is 4.79 Å². The summed E-state index contributed by atoms with van der Waals surface area (Å²) in [5.41, 5.74) is 0.577. The molecular formula is C21H19ClFNO4. The molecule has 1 heterocycles. The predicted octanol–water partition coefficient (Wildman–Crippen LogP) is 4.69. The van der Waals surface area contributed by atoms with E-state index in [2.05, 4.69) is 5.32 Å². The smallest absolute Gasteiger partial charge is 0.349 e. The molecule has 0 radical (unpaired) electrons. The Bertz CT molecular complexity index is 984. The van der Waals surface area contributed by atoms with Crippen LogP contribution >= 0.6 is 11.6 Å². The molecule has 28 heavy (non-hydrogen) atoms. The Kier molecular flexibility index (Phi) is 5.42. The SMILES string of the molecule is CCOC(=O)C(C)(C)Oc1ccc(Cl)cc1C=C1C(=O)Nc2cc(F)ccc21. The van der Waals surface area contributed by atoms with E-state index in [1.165, 1.54) is 18.2 Å². The van der Waals surface area contributed by atoms with E-state index in [4.69, 9.17) is 21.1 Å². The van der Waals surface area contributed by atoms with Gasteiger partial charge in [-0.25, -0.2) is 9.18 Å². The number of hydrogen-bond donors (Lipinski definition) is 1. The van der Waals surface area contributed by atoms with E-state index in [9.17, 15) is 14.0 Å². The van der Waals surface area contributed by atoms with Crippen molar-refractivity contribution in [3.63, 3.8) is 0 Å². The van der Waals surface area contributed by atoms with E-state index in [-0.39, 0.29) is 12.5 Å². The molecule has 0 fully saturated rings. The molecular weight excluding hydrogens is 385 g/mol. The van der Waals surface area contributed by atoms with Crippen LogP contribution in [0.25, 0.3) is 11.6 Å². The maximum Gasteiger partial charge on any atom is 0.349 e. The van der Waals surface area contributed by atoms with Crippen molar-refractivity contribution in [3.05, 3.63) is 58.4 Å². The summed E-state index contributed by atoms with van der Waals surface area (Å²) in [6.07, 6.45) is 1.60. The van der Waals surface area contributed by atoms with Crippen molar-refractivity contribution in [1.29, 1.82) is 0 Å². The van der Waals surface area contributed by atoms with Crippen molar-refractivity contribution in [1.82, 2.24) is 0 Å². The van der Waals surface area contributed by atoms with Crippen LogP contribution < -0.4 is 10.1 Å². The molecule has 1 aliphatic heterocycles. The number of hydrogen-bond acceptors (Lipinski definition) is 4. The van der Waals surface area contributed by atoms with Crippen LogP contribution in [0.4, 0.5) is 10.1 Å². The fraction of sp³-hybridized carbons (Fsp3) is 0.238. The number of amides is 1. The molecule has 3 rings (SSSR count). The maximum atomic E-state index is 13.4. The summed E-state index contributed by atoms with van der Waals surface area (Å²) in [6, 6.07) is 8.94. The second-order valence-electron chi connectivity index (χ2n) is 6.72. The Labute approximate surface area is 167 Å². The topological polar surface area (TPSA) is 64.6 Å². The average Bonchev–Trinajstić information content (AvgIpc) is 2.92. The van der Waals surface area contributed by atoms with Gasteiger partial charge in [-0.2, -0.15) is 0 Å². The zero-order valence-corrected chi connectivity index (χ0v) is 16.4. The zero-order valence-electron chi connectivity index (χ0n) is 15.6. The summed E-state index contributed by atoms with van der Waals surface area (Å²) in [6.45, 7) is 5.13. The average molecular weight is 404 g/mol. The van der Waals surface area contributed by atoms with Crippen molar-refractivity contribution < 1.29 is 23.5 Å². The van der Waals surface area contributed by atoms with Crippen molar-refractivity contribution in [2.24, 2.45) is 0 Å². The van der Waals surface area contributed by atoms with Gasteiger partial charge in [-0.1, -0.05) is 11.6 Å². The second-order valence-corrected chi connectivity index (χ2v) is 7.15. The molecule has 0 aliphatic carbocycles. The highest BCUT2D eigenvalue weighted by Crippen LogP contribution is 2.36. The fourth-order valence-corrected chi connectivity index (χ4v) is 2.99. The number of fused-ring (bicyclic) bond motifs is 1. The lowest BCUT2D eigenvalue weighted by atomic mass is 10.0. The molecule has 0 aromatic heterocycles. The lowest BCUT2D eigenvalue weighted by molar-refractivity contribution is -0.158. The van der Waals surface area contributed by atoms with E-state index in [0.717, 1.165) is 0 Å². The van der Waals surface area contributed by atoms with Gasteiger partial charge in [-0.15, -0.1) is 0 Å². The third-order valence-electron chi connectivity index (χ3n) is 4.17. The molecule has 0 bridgehead atoms. The molecule has 1 aliphatic rings. The molecule has 2 aromatic rings. The van der Waals surface area contributed by atoms with E-state index < -0.39 is 17.4 Å².